The highest BCUT2D eigenvalue weighted by Gasteiger charge is 2.28. The van der Waals surface area contributed by atoms with Crippen LogP contribution in [0.5, 0.6) is 0 Å². The molecule has 0 spiro atoms. The number of rotatable bonds is 4. The van der Waals surface area contributed by atoms with Crippen LogP contribution in [0.25, 0.3) is 0 Å². The Bertz CT molecular complexity index is 581. The Morgan fingerprint density at radius 1 is 1.00 bits per heavy atom. The van der Waals surface area contributed by atoms with E-state index in [2.05, 4.69) is 21.2 Å². The van der Waals surface area contributed by atoms with Crippen molar-refractivity contribution in [1.29, 1.82) is 0 Å². The second-order valence-electron chi connectivity index (χ2n) is 4.49. The second kappa shape index (κ2) is 6.75. The van der Waals surface area contributed by atoms with E-state index in [1.54, 1.807) is 12.1 Å². The van der Waals surface area contributed by atoms with Crippen molar-refractivity contribution in [2.45, 2.75) is 23.4 Å². The molecule has 2 aromatic carbocycles. The molecule has 2 rings (SSSR count). The zero-order valence-corrected chi connectivity index (χ0v) is 13.5. The number of nitrogens with one attached hydrogen (secondary N) is 1. The molecule has 0 aliphatic heterocycles. The van der Waals surface area contributed by atoms with Crippen LogP contribution in [-0.4, -0.2) is 5.51 Å². The molecule has 0 aliphatic carbocycles. The van der Waals surface area contributed by atoms with Crippen LogP contribution in [-0.2, 0) is 0 Å². The third-order valence-corrected chi connectivity index (χ3v) is 4.11. The van der Waals surface area contributed by atoms with Gasteiger partial charge >= 0.3 is 5.51 Å². The van der Waals surface area contributed by atoms with E-state index >= 15 is 0 Å². The molecular weight excluding hydrogens is 363 g/mol. The maximum absolute atomic E-state index is 12.2. The van der Waals surface area contributed by atoms with Crippen LogP contribution in [0.15, 0.2) is 57.9 Å². The molecule has 0 saturated carbocycles. The number of halogens is 4. The zero-order valence-electron chi connectivity index (χ0n) is 11.1. The number of thioether (sulfide) groups is 1. The average molecular weight is 376 g/mol. The molecule has 21 heavy (non-hydrogen) atoms. The van der Waals surface area contributed by atoms with Crippen LogP contribution in [0.4, 0.5) is 18.9 Å². The van der Waals surface area contributed by atoms with Gasteiger partial charge in [0.15, 0.2) is 0 Å². The lowest BCUT2D eigenvalue weighted by atomic mass is 10.1. The van der Waals surface area contributed by atoms with Crippen molar-refractivity contribution in [2.75, 3.05) is 5.32 Å². The minimum absolute atomic E-state index is 0.0687. The Balaban J connectivity index is 2.01. The van der Waals surface area contributed by atoms with Crippen molar-refractivity contribution in [2.24, 2.45) is 0 Å². The van der Waals surface area contributed by atoms with Gasteiger partial charge in [0.1, 0.15) is 0 Å². The molecule has 0 aromatic heterocycles. The van der Waals surface area contributed by atoms with E-state index in [0.29, 0.717) is 0 Å². The maximum atomic E-state index is 12.2. The number of alkyl halides is 3. The molecule has 1 N–H and O–H groups in total. The first-order chi connectivity index (χ1) is 9.83. The predicted octanol–water partition coefficient (Wildman–Crippen LogP) is 6.23. The summed E-state index contributed by atoms with van der Waals surface area (Å²) in [5.74, 6) is 0. The summed E-state index contributed by atoms with van der Waals surface area (Å²) in [6.45, 7) is 2.00. The van der Waals surface area contributed by atoms with Crippen molar-refractivity contribution >= 4 is 33.4 Å². The summed E-state index contributed by atoms with van der Waals surface area (Å²) in [6.07, 6.45) is 0. The van der Waals surface area contributed by atoms with Gasteiger partial charge in [0.2, 0.25) is 0 Å². The van der Waals surface area contributed by atoms with Gasteiger partial charge in [0, 0.05) is 21.1 Å². The van der Waals surface area contributed by atoms with Gasteiger partial charge in [0.05, 0.1) is 0 Å². The van der Waals surface area contributed by atoms with E-state index in [0.717, 1.165) is 15.7 Å². The van der Waals surface area contributed by atoms with Gasteiger partial charge in [-0.05, 0) is 60.6 Å². The first kappa shape index (κ1) is 16.2. The minimum Gasteiger partial charge on any atom is -0.379 e. The van der Waals surface area contributed by atoms with Crippen LogP contribution >= 0.6 is 27.7 Å². The van der Waals surface area contributed by atoms with E-state index in [1.165, 1.54) is 12.1 Å². The van der Waals surface area contributed by atoms with Gasteiger partial charge in [-0.2, -0.15) is 13.2 Å². The topological polar surface area (TPSA) is 12.0 Å². The summed E-state index contributed by atoms with van der Waals surface area (Å²) in [6, 6.07) is 14.2. The highest BCUT2D eigenvalue weighted by Crippen LogP contribution is 2.37. The molecule has 112 valence electrons. The van der Waals surface area contributed by atoms with Gasteiger partial charge < -0.3 is 5.32 Å². The fourth-order valence-electron chi connectivity index (χ4n) is 1.84. The zero-order chi connectivity index (χ0) is 15.5. The van der Waals surface area contributed by atoms with Crippen molar-refractivity contribution in [1.82, 2.24) is 0 Å². The second-order valence-corrected chi connectivity index (χ2v) is 6.54. The van der Waals surface area contributed by atoms with Crippen LogP contribution in [0, 0.1) is 0 Å². The monoisotopic (exact) mass is 375 g/mol. The average Bonchev–Trinajstić information content (AvgIpc) is 2.40. The minimum atomic E-state index is -4.25. The smallest absolute Gasteiger partial charge is 0.379 e. The summed E-state index contributed by atoms with van der Waals surface area (Å²) in [5.41, 5.74) is -2.36. The normalized spacial score (nSPS) is 13.0. The van der Waals surface area contributed by atoms with Gasteiger partial charge in [-0.1, -0.05) is 28.1 Å². The first-order valence-corrected chi connectivity index (χ1v) is 7.82. The largest absolute Gasteiger partial charge is 0.446 e. The van der Waals surface area contributed by atoms with Gasteiger partial charge in [-0.3, -0.25) is 0 Å². The molecule has 0 amide bonds. The summed E-state index contributed by atoms with van der Waals surface area (Å²) in [4.78, 5) is 0.185. The fraction of sp³-hybridized carbons (Fsp3) is 0.200. The van der Waals surface area contributed by atoms with E-state index in [4.69, 9.17) is 0 Å². The summed E-state index contributed by atoms with van der Waals surface area (Å²) >= 11 is 3.27. The molecule has 0 bridgehead atoms. The van der Waals surface area contributed by atoms with E-state index in [9.17, 15) is 13.2 Å². The standard InChI is InChI=1S/C15H13BrF3NS/c1-10(11-2-4-12(16)5-3-11)20-13-6-8-14(9-7-13)21-15(17,18)19/h2-10,20H,1H3. The van der Waals surface area contributed by atoms with Crippen LogP contribution in [0.3, 0.4) is 0 Å². The number of benzene rings is 2. The van der Waals surface area contributed by atoms with Crippen molar-refractivity contribution in [3.8, 4) is 0 Å². The van der Waals surface area contributed by atoms with E-state index in [-0.39, 0.29) is 22.7 Å². The predicted molar refractivity (Wildman–Crippen MR) is 84.5 cm³/mol. The number of anilines is 1. The quantitative estimate of drug-likeness (QED) is 0.635. The molecule has 0 heterocycles. The number of hydrogen-bond donors (Lipinski definition) is 1. The Morgan fingerprint density at radius 2 is 1.57 bits per heavy atom. The van der Waals surface area contributed by atoms with Crippen molar-refractivity contribution in [3.63, 3.8) is 0 Å². The molecule has 1 atom stereocenters. The lowest BCUT2D eigenvalue weighted by Gasteiger charge is -2.16. The Hall–Kier alpha value is -1.14. The molecule has 0 radical (unpaired) electrons. The molecule has 6 heteroatoms. The summed E-state index contributed by atoms with van der Waals surface area (Å²) < 4.78 is 37.8. The summed E-state index contributed by atoms with van der Waals surface area (Å²) in [7, 11) is 0. The molecule has 0 aliphatic rings. The highest BCUT2D eigenvalue weighted by molar-refractivity contribution is 9.10. The Labute approximate surface area is 134 Å². The molecule has 1 nitrogen and oxygen atoms in total. The van der Waals surface area contributed by atoms with E-state index < -0.39 is 5.51 Å². The lowest BCUT2D eigenvalue weighted by molar-refractivity contribution is -0.0328. The van der Waals surface area contributed by atoms with Crippen LogP contribution in [0.1, 0.15) is 18.5 Å². The van der Waals surface area contributed by atoms with Crippen molar-refractivity contribution < 1.29 is 13.2 Å². The van der Waals surface area contributed by atoms with Gasteiger partial charge in [-0.25, -0.2) is 0 Å². The lowest BCUT2D eigenvalue weighted by Crippen LogP contribution is -2.06. The third kappa shape index (κ3) is 5.28. The SMILES string of the molecule is CC(Nc1ccc(SC(F)(F)F)cc1)c1ccc(Br)cc1. The third-order valence-electron chi connectivity index (χ3n) is 2.84. The molecular formula is C15H13BrF3NS. The first-order valence-electron chi connectivity index (χ1n) is 6.21. The summed E-state index contributed by atoms with van der Waals surface area (Å²) in [5, 5.41) is 3.26. The van der Waals surface area contributed by atoms with Crippen LogP contribution in [0.2, 0.25) is 0 Å². The fourth-order valence-corrected chi connectivity index (χ4v) is 2.64. The Morgan fingerprint density at radius 3 is 2.10 bits per heavy atom. The molecule has 1 unspecified atom stereocenters. The van der Waals surface area contributed by atoms with Gasteiger partial charge in [-0.15, -0.1) is 0 Å². The van der Waals surface area contributed by atoms with Crippen LogP contribution < -0.4 is 5.32 Å². The molecule has 0 fully saturated rings. The van der Waals surface area contributed by atoms with Gasteiger partial charge in [0.25, 0.3) is 0 Å². The highest BCUT2D eigenvalue weighted by atomic mass is 79.9. The Kier molecular flexibility index (Phi) is 5.22. The van der Waals surface area contributed by atoms with Crippen molar-refractivity contribution in [3.05, 3.63) is 58.6 Å². The molecule has 0 saturated heterocycles. The molecule has 2 aromatic rings. The maximum Gasteiger partial charge on any atom is 0.446 e. The number of hydrogen-bond acceptors (Lipinski definition) is 2. The van der Waals surface area contributed by atoms with E-state index in [1.807, 2.05) is 31.2 Å².